The highest BCUT2D eigenvalue weighted by Crippen LogP contribution is 2.07. The van der Waals surface area contributed by atoms with Crippen molar-refractivity contribution >= 4 is 10.0 Å². The van der Waals surface area contributed by atoms with Gasteiger partial charge in [0.15, 0.2) is 0 Å². The Morgan fingerprint density at radius 2 is 1.67 bits per heavy atom. The molecule has 0 radical (unpaired) electrons. The van der Waals surface area contributed by atoms with Gasteiger partial charge in [-0.3, -0.25) is 0 Å². The van der Waals surface area contributed by atoms with E-state index in [1.54, 1.807) is 4.31 Å². The minimum atomic E-state index is -3.01. The Bertz CT molecular complexity index is 465. The van der Waals surface area contributed by atoms with E-state index in [9.17, 15) is 8.42 Å². The van der Waals surface area contributed by atoms with Gasteiger partial charge in [0.25, 0.3) is 0 Å². The van der Waals surface area contributed by atoms with Crippen molar-refractivity contribution in [2.45, 2.75) is 6.42 Å². The fraction of sp³-hybridized carbons (Fsp3) is 0.538. The van der Waals surface area contributed by atoms with Gasteiger partial charge >= 0.3 is 0 Å². The number of hydrogen-bond acceptors (Lipinski definition) is 3. The lowest BCUT2D eigenvalue weighted by Crippen LogP contribution is -2.48. The summed E-state index contributed by atoms with van der Waals surface area (Å²) in [4.78, 5) is 2.33. The third kappa shape index (κ3) is 3.80. The molecule has 1 aromatic rings. The van der Waals surface area contributed by atoms with E-state index < -0.39 is 10.0 Å². The maximum absolute atomic E-state index is 11.4. The zero-order chi connectivity index (χ0) is 13.0. The number of rotatable bonds is 4. The monoisotopic (exact) mass is 268 g/mol. The highest BCUT2D eigenvalue weighted by molar-refractivity contribution is 7.88. The molecule has 0 N–H and O–H groups in total. The summed E-state index contributed by atoms with van der Waals surface area (Å²) >= 11 is 0. The Balaban J connectivity index is 1.78. The first-order chi connectivity index (χ1) is 8.55. The van der Waals surface area contributed by atoms with Gasteiger partial charge in [-0.25, -0.2) is 8.42 Å². The van der Waals surface area contributed by atoms with Crippen molar-refractivity contribution in [1.29, 1.82) is 0 Å². The summed E-state index contributed by atoms with van der Waals surface area (Å²) in [6.07, 6.45) is 2.31. The van der Waals surface area contributed by atoms with E-state index in [1.807, 2.05) is 6.07 Å². The van der Waals surface area contributed by atoms with E-state index in [0.29, 0.717) is 13.1 Å². The van der Waals surface area contributed by atoms with Crippen LogP contribution < -0.4 is 0 Å². The molecule has 0 bridgehead atoms. The van der Waals surface area contributed by atoms with Crippen molar-refractivity contribution in [3.05, 3.63) is 35.9 Å². The normalized spacial score (nSPS) is 18.9. The van der Waals surface area contributed by atoms with Gasteiger partial charge in [-0.1, -0.05) is 30.3 Å². The molecule has 0 spiro atoms. The smallest absolute Gasteiger partial charge is 0.211 e. The molecule has 100 valence electrons. The Kier molecular flexibility index (Phi) is 4.37. The van der Waals surface area contributed by atoms with Crippen LogP contribution in [0.2, 0.25) is 0 Å². The molecular weight excluding hydrogens is 248 g/mol. The van der Waals surface area contributed by atoms with Crippen LogP contribution in [-0.4, -0.2) is 56.6 Å². The second-order valence-corrected chi connectivity index (χ2v) is 6.72. The van der Waals surface area contributed by atoms with Crippen LogP contribution in [0.1, 0.15) is 5.56 Å². The van der Waals surface area contributed by atoms with Crippen molar-refractivity contribution in [3.63, 3.8) is 0 Å². The lowest BCUT2D eigenvalue weighted by molar-refractivity contribution is 0.191. The molecule has 1 fully saturated rings. The van der Waals surface area contributed by atoms with Gasteiger partial charge < -0.3 is 4.90 Å². The molecule has 1 aromatic carbocycles. The van der Waals surface area contributed by atoms with E-state index in [1.165, 1.54) is 11.8 Å². The summed E-state index contributed by atoms with van der Waals surface area (Å²) < 4.78 is 24.3. The van der Waals surface area contributed by atoms with Crippen molar-refractivity contribution in [2.24, 2.45) is 0 Å². The number of piperazine rings is 1. The number of nitrogens with zero attached hydrogens (tertiary/aromatic N) is 2. The van der Waals surface area contributed by atoms with E-state index in [0.717, 1.165) is 26.1 Å². The second-order valence-electron chi connectivity index (χ2n) is 4.74. The van der Waals surface area contributed by atoms with E-state index in [4.69, 9.17) is 0 Å². The molecule has 0 amide bonds. The van der Waals surface area contributed by atoms with Crippen molar-refractivity contribution in [1.82, 2.24) is 9.21 Å². The van der Waals surface area contributed by atoms with Crippen LogP contribution >= 0.6 is 0 Å². The van der Waals surface area contributed by atoms with Crippen LogP contribution in [0, 0.1) is 0 Å². The van der Waals surface area contributed by atoms with Gasteiger partial charge in [-0.15, -0.1) is 0 Å². The van der Waals surface area contributed by atoms with Gasteiger partial charge in [0, 0.05) is 32.7 Å². The fourth-order valence-corrected chi connectivity index (χ4v) is 3.04. The first-order valence-corrected chi connectivity index (χ1v) is 8.12. The molecule has 2 rings (SSSR count). The quantitative estimate of drug-likeness (QED) is 0.811. The summed E-state index contributed by atoms with van der Waals surface area (Å²) in [6.45, 7) is 3.91. The Labute approximate surface area is 109 Å². The minimum absolute atomic E-state index is 0.619. The molecular formula is C13H20N2O2S. The molecule has 0 aromatic heterocycles. The summed E-state index contributed by atoms with van der Waals surface area (Å²) in [6, 6.07) is 10.4. The van der Waals surface area contributed by atoms with Gasteiger partial charge in [0.05, 0.1) is 6.26 Å². The third-order valence-electron chi connectivity index (χ3n) is 3.36. The maximum atomic E-state index is 11.4. The first-order valence-electron chi connectivity index (χ1n) is 6.27. The summed E-state index contributed by atoms with van der Waals surface area (Å²) in [5, 5.41) is 0. The van der Waals surface area contributed by atoms with Crippen molar-refractivity contribution in [2.75, 3.05) is 39.0 Å². The maximum Gasteiger partial charge on any atom is 0.211 e. The highest BCUT2D eigenvalue weighted by Gasteiger charge is 2.22. The Morgan fingerprint density at radius 3 is 2.22 bits per heavy atom. The van der Waals surface area contributed by atoms with Crippen LogP contribution in [0.3, 0.4) is 0 Å². The van der Waals surface area contributed by atoms with Crippen LogP contribution in [0.4, 0.5) is 0 Å². The average Bonchev–Trinajstić information content (AvgIpc) is 2.37. The molecule has 18 heavy (non-hydrogen) atoms. The van der Waals surface area contributed by atoms with Crippen LogP contribution in [0.5, 0.6) is 0 Å². The summed E-state index contributed by atoms with van der Waals surface area (Å²) in [5.74, 6) is 0. The number of hydrogen-bond donors (Lipinski definition) is 0. The molecule has 0 unspecified atom stereocenters. The molecule has 1 saturated heterocycles. The average molecular weight is 268 g/mol. The third-order valence-corrected chi connectivity index (χ3v) is 4.66. The number of sulfonamides is 1. The Hall–Kier alpha value is -0.910. The molecule has 0 aliphatic carbocycles. The number of benzene rings is 1. The van der Waals surface area contributed by atoms with Crippen LogP contribution in [0.15, 0.2) is 30.3 Å². The van der Waals surface area contributed by atoms with Gasteiger partial charge in [-0.05, 0) is 12.0 Å². The fourth-order valence-electron chi connectivity index (χ4n) is 2.22. The molecule has 5 heteroatoms. The minimum Gasteiger partial charge on any atom is -0.300 e. The largest absolute Gasteiger partial charge is 0.300 e. The Morgan fingerprint density at radius 1 is 1.06 bits per heavy atom. The predicted molar refractivity (Wildman–Crippen MR) is 73.0 cm³/mol. The zero-order valence-electron chi connectivity index (χ0n) is 10.7. The standard InChI is InChI=1S/C13H20N2O2S/c1-18(16,17)15-11-9-14(10-12-15)8-7-13-5-3-2-4-6-13/h2-6H,7-12H2,1H3. The van der Waals surface area contributed by atoms with Gasteiger partial charge in [0.2, 0.25) is 10.0 Å². The molecule has 1 aliphatic heterocycles. The summed E-state index contributed by atoms with van der Waals surface area (Å²) in [5.41, 5.74) is 1.34. The van der Waals surface area contributed by atoms with E-state index in [2.05, 4.69) is 29.2 Å². The molecule has 1 heterocycles. The first kappa shape index (κ1) is 13.5. The topological polar surface area (TPSA) is 40.6 Å². The predicted octanol–water partition coefficient (Wildman–Crippen LogP) is 0.806. The van der Waals surface area contributed by atoms with Gasteiger partial charge in [-0.2, -0.15) is 4.31 Å². The van der Waals surface area contributed by atoms with Crippen LogP contribution in [-0.2, 0) is 16.4 Å². The van der Waals surface area contributed by atoms with Crippen LogP contribution in [0.25, 0.3) is 0 Å². The molecule has 0 atom stereocenters. The van der Waals surface area contributed by atoms with E-state index in [-0.39, 0.29) is 0 Å². The second kappa shape index (κ2) is 5.82. The SMILES string of the molecule is CS(=O)(=O)N1CCN(CCc2ccccc2)CC1. The zero-order valence-corrected chi connectivity index (χ0v) is 11.6. The lowest BCUT2D eigenvalue weighted by atomic mass is 10.1. The molecule has 1 aliphatic rings. The highest BCUT2D eigenvalue weighted by atomic mass is 32.2. The molecule has 4 nitrogen and oxygen atoms in total. The summed E-state index contributed by atoms with van der Waals surface area (Å²) in [7, 11) is -3.01. The molecule has 0 saturated carbocycles. The van der Waals surface area contributed by atoms with Crippen molar-refractivity contribution < 1.29 is 8.42 Å². The van der Waals surface area contributed by atoms with E-state index >= 15 is 0 Å². The van der Waals surface area contributed by atoms with Gasteiger partial charge in [0.1, 0.15) is 0 Å². The van der Waals surface area contributed by atoms with Crippen molar-refractivity contribution in [3.8, 4) is 0 Å². The lowest BCUT2D eigenvalue weighted by Gasteiger charge is -2.33.